The maximum absolute atomic E-state index is 6.13. The Morgan fingerprint density at radius 3 is 1.29 bits per heavy atom. The van der Waals surface area contributed by atoms with Crippen LogP contribution in [-0.4, -0.2) is 37.6 Å². The van der Waals surface area contributed by atoms with E-state index < -0.39 is 0 Å². The van der Waals surface area contributed by atoms with Gasteiger partial charge in [0.15, 0.2) is 0 Å². The highest BCUT2D eigenvalue weighted by atomic mass is 16.6. The summed E-state index contributed by atoms with van der Waals surface area (Å²) in [7, 11) is 0. The minimum absolute atomic E-state index is 0.146. The van der Waals surface area contributed by atoms with Crippen LogP contribution in [0.15, 0.2) is 0 Å². The van der Waals surface area contributed by atoms with E-state index in [1.165, 1.54) is 0 Å². The lowest BCUT2D eigenvalue weighted by molar-refractivity contribution is -0.135. The first-order valence-corrected chi connectivity index (χ1v) is 6.99. The lowest BCUT2D eigenvalue weighted by atomic mass is 10.1. The average Bonchev–Trinajstić information content (AvgIpc) is 2.31. The maximum Gasteiger partial charge on any atom is 0.0836 e. The van der Waals surface area contributed by atoms with Crippen LogP contribution >= 0.6 is 0 Å². The molecule has 3 nitrogen and oxygen atoms in total. The van der Waals surface area contributed by atoms with E-state index in [4.69, 9.17) is 14.2 Å². The predicted molar refractivity (Wildman–Crippen MR) is 71.4 cm³/mol. The fraction of sp³-hybridized carbons (Fsp3) is 1.00. The van der Waals surface area contributed by atoms with Gasteiger partial charge in [0.2, 0.25) is 0 Å². The molecule has 4 unspecified atom stereocenters. The molecule has 0 saturated carbocycles. The van der Waals surface area contributed by atoms with E-state index in [9.17, 15) is 0 Å². The van der Waals surface area contributed by atoms with Gasteiger partial charge in [0.25, 0.3) is 0 Å². The van der Waals surface area contributed by atoms with Crippen LogP contribution in [0.4, 0.5) is 0 Å². The van der Waals surface area contributed by atoms with E-state index in [1.54, 1.807) is 0 Å². The van der Waals surface area contributed by atoms with Crippen molar-refractivity contribution in [1.29, 1.82) is 0 Å². The van der Waals surface area contributed by atoms with E-state index in [2.05, 4.69) is 27.7 Å². The standard InChI is InChI=1S/C14H30O3/c1-7-13(11(5)15-9-3)17-14(8-2)12(6)16-10-4/h11-14H,7-10H2,1-6H3. The molecule has 0 N–H and O–H groups in total. The number of hydrogen-bond acceptors (Lipinski definition) is 3. The Kier molecular flexibility index (Phi) is 9.79. The van der Waals surface area contributed by atoms with Gasteiger partial charge in [-0.1, -0.05) is 13.8 Å². The van der Waals surface area contributed by atoms with Gasteiger partial charge in [0.05, 0.1) is 24.4 Å². The van der Waals surface area contributed by atoms with Crippen molar-refractivity contribution in [3.05, 3.63) is 0 Å². The summed E-state index contributed by atoms with van der Waals surface area (Å²) in [6, 6.07) is 0. The molecule has 0 aromatic heterocycles. The molecule has 0 amide bonds. The van der Waals surface area contributed by atoms with Crippen molar-refractivity contribution < 1.29 is 14.2 Å². The summed E-state index contributed by atoms with van der Waals surface area (Å²) in [5.74, 6) is 0. The van der Waals surface area contributed by atoms with Crippen LogP contribution < -0.4 is 0 Å². The second-order valence-electron chi connectivity index (χ2n) is 4.35. The Hall–Kier alpha value is -0.120. The van der Waals surface area contributed by atoms with Crippen LogP contribution in [0.5, 0.6) is 0 Å². The lowest BCUT2D eigenvalue weighted by Gasteiger charge is -2.30. The SMILES string of the molecule is CCOC(C)C(CC)OC(CC)C(C)OCC. The molecule has 0 radical (unpaired) electrons. The van der Waals surface area contributed by atoms with Crippen molar-refractivity contribution in [2.45, 2.75) is 78.8 Å². The Morgan fingerprint density at radius 1 is 0.706 bits per heavy atom. The summed E-state index contributed by atoms with van der Waals surface area (Å²) >= 11 is 0. The van der Waals surface area contributed by atoms with Gasteiger partial charge in [0.1, 0.15) is 0 Å². The molecule has 0 spiro atoms. The van der Waals surface area contributed by atoms with Crippen LogP contribution in [0.3, 0.4) is 0 Å². The molecule has 0 saturated heterocycles. The molecule has 4 atom stereocenters. The molecule has 0 heterocycles. The van der Waals surface area contributed by atoms with Crippen LogP contribution in [0, 0.1) is 0 Å². The van der Waals surface area contributed by atoms with E-state index >= 15 is 0 Å². The van der Waals surface area contributed by atoms with Crippen molar-refractivity contribution in [3.8, 4) is 0 Å². The topological polar surface area (TPSA) is 27.7 Å². The Morgan fingerprint density at radius 2 is 1.06 bits per heavy atom. The summed E-state index contributed by atoms with van der Waals surface area (Å²) < 4.78 is 17.4. The maximum atomic E-state index is 6.13. The second-order valence-corrected chi connectivity index (χ2v) is 4.35. The molecule has 0 rings (SSSR count). The van der Waals surface area contributed by atoms with E-state index in [0.717, 1.165) is 26.1 Å². The monoisotopic (exact) mass is 246 g/mol. The fourth-order valence-corrected chi connectivity index (χ4v) is 2.04. The van der Waals surface area contributed by atoms with Gasteiger partial charge in [0, 0.05) is 13.2 Å². The van der Waals surface area contributed by atoms with Crippen molar-refractivity contribution in [2.75, 3.05) is 13.2 Å². The van der Waals surface area contributed by atoms with Crippen LogP contribution in [0.2, 0.25) is 0 Å². The summed E-state index contributed by atoms with van der Waals surface area (Å²) in [6.07, 6.45) is 2.54. The normalized spacial score (nSPS) is 18.7. The van der Waals surface area contributed by atoms with Gasteiger partial charge in [-0.05, 0) is 40.5 Å². The molecule has 3 heteroatoms. The molecule has 104 valence electrons. The van der Waals surface area contributed by atoms with Crippen molar-refractivity contribution in [1.82, 2.24) is 0 Å². The average molecular weight is 246 g/mol. The lowest BCUT2D eigenvalue weighted by Crippen LogP contribution is -2.37. The smallest absolute Gasteiger partial charge is 0.0836 e. The molecular formula is C14H30O3. The van der Waals surface area contributed by atoms with Crippen LogP contribution in [0.1, 0.15) is 54.4 Å². The molecule has 0 aliphatic carbocycles. The molecule has 0 bridgehead atoms. The number of ether oxygens (including phenoxy) is 3. The quantitative estimate of drug-likeness (QED) is 0.591. The van der Waals surface area contributed by atoms with Crippen molar-refractivity contribution >= 4 is 0 Å². The summed E-state index contributed by atoms with van der Waals surface area (Å²) in [5, 5.41) is 0. The molecule has 0 aliphatic rings. The largest absolute Gasteiger partial charge is 0.376 e. The zero-order chi connectivity index (χ0) is 13.3. The Balaban J connectivity index is 4.29. The van der Waals surface area contributed by atoms with Gasteiger partial charge < -0.3 is 14.2 Å². The van der Waals surface area contributed by atoms with Gasteiger partial charge >= 0.3 is 0 Å². The van der Waals surface area contributed by atoms with E-state index in [1.807, 2.05) is 13.8 Å². The second kappa shape index (κ2) is 9.86. The van der Waals surface area contributed by atoms with Gasteiger partial charge in [-0.2, -0.15) is 0 Å². The highest BCUT2D eigenvalue weighted by Crippen LogP contribution is 2.16. The third-order valence-electron chi connectivity index (χ3n) is 3.06. The van der Waals surface area contributed by atoms with Crippen molar-refractivity contribution in [3.63, 3.8) is 0 Å². The minimum atomic E-state index is 0.146. The first kappa shape index (κ1) is 16.9. The Labute approximate surface area is 107 Å². The first-order valence-electron chi connectivity index (χ1n) is 6.99. The Bertz CT molecular complexity index is 155. The van der Waals surface area contributed by atoms with Gasteiger partial charge in [-0.3, -0.25) is 0 Å². The highest BCUT2D eigenvalue weighted by Gasteiger charge is 2.24. The van der Waals surface area contributed by atoms with E-state index in [0.29, 0.717) is 0 Å². The zero-order valence-corrected chi connectivity index (χ0v) is 12.4. The summed E-state index contributed by atoms with van der Waals surface area (Å²) in [4.78, 5) is 0. The summed E-state index contributed by atoms with van der Waals surface area (Å²) in [5.41, 5.74) is 0. The van der Waals surface area contributed by atoms with E-state index in [-0.39, 0.29) is 24.4 Å². The zero-order valence-electron chi connectivity index (χ0n) is 12.4. The van der Waals surface area contributed by atoms with Gasteiger partial charge in [-0.15, -0.1) is 0 Å². The third kappa shape index (κ3) is 6.39. The first-order chi connectivity index (χ1) is 8.10. The molecule has 0 aliphatic heterocycles. The third-order valence-corrected chi connectivity index (χ3v) is 3.06. The predicted octanol–water partition coefficient (Wildman–Crippen LogP) is 3.41. The molecular weight excluding hydrogens is 216 g/mol. The highest BCUT2D eigenvalue weighted by molar-refractivity contribution is 4.71. The molecule has 0 aromatic rings. The van der Waals surface area contributed by atoms with Gasteiger partial charge in [-0.25, -0.2) is 0 Å². The molecule has 0 fully saturated rings. The minimum Gasteiger partial charge on any atom is -0.376 e. The van der Waals surface area contributed by atoms with Crippen LogP contribution in [0.25, 0.3) is 0 Å². The number of hydrogen-bond donors (Lipinski definition) is 0. The molecule has 17 heavy (non-hydrogen) atoms. The number of rotatable bonds is 10. The fourth-order valence-electron chi connectivity index (χ4n) is 2.04. The van der Waals surface area contributed by atoms with Crippen LogP contribution in [-0.2, 0) is 14.2 Å². The molecule has 0 aromatic carbocycles. The summed E-state index contributed by atoms with van der Waals surface area (Å²) in [6.45, 7) is 13.9. The van der Waals surface area contributed by atoms with Crippen molar-refractivity contribution in [2.24, 2.45) is 0 Å².